The van der Waals surface area contributed by atoms with Crippen LogP contribution in [0.3, 0.4) is 0 Å². The Hall–Kier alpha value is -1.72. The highest BCUT2D eigenvalue weighted by Gasteiger charge is 2.25. The van der Waals surface area contributed by atoms with Crippen LogP contribution in [0.1, 0.15) is 12.8 Å². The minimum atomic E-state index is -1.29. The van der Waals surface area contributed by atoms with Crippen LogP contribution < -0.4 is 10.6 Å². The number of hydrogen-bond acceptors (Lipinski definition) is 3. The maximum Gasteiger partial charge on any atom is 0.187 e. The molecule has 1 saturated heterocycles. The molecule has 0 aliphatic carbocycles. The zero-order valence-corrected chi connectivity index (χ0v) is 8.97. The summed E-state index contributed by atoms with van der Waals surface area (Å²) < 4.78 is 40.4. The molecule has 6 heteroatoms. The Labute approximate surface area is 96.0 Å². The van der Waals surface area contributed by atoms with Gasteiger partial charge in [-0.15, -0.1) is 0 Å². The topological polar surface area (TPSA) is 46.3 Å². The standard InChI is InChI=1S/C11H11F3N2O/c12-7-5-8(15)9(13)10(14)11(7)16-3-1-6(17)2-4-16/h5H,1-4,15H2. The molecule has 0 atom stereocenters. The van der Waals surface area contributed by atoms with Crippen molar-refractivity contribution in [3.05, 3.63) is 23.5 Å². The van der Waals surface area contributed by atoms with Gasteiger partial charge in [0.15, 0.2) is 17.5 Å². The highest BCUT2D eigenvalue weighted by Crippen LogP contribution is 2.30. The number of ketones is 1. The minimum absolute atomic E-state index is 0.0398. The number of rotatable bonds is 1. The highest BCUT2D eigenvalue weighted by molar-refractivity contribution is 5.81. The summed E-state index contributed by atoms with van der Waals surface area (Å²) >= 11 is 0. The van der Waals surface area contributed by atoms with Crippen LogP contribution in [0.5, 0.6) is 0 Å². The molecule has 1 aliphatic heterocycles. The SMILES string of the molecule is Nc1cc(F)c(N2CCC(=O)CC2)c(F)c1F. The summed E-state index contributed by atoms with van der Waals surface area (Å²) in [6.07, 6.45) is 0.426. The van der Waals surface area contributed by atoms with Crippen LogP contribution in [-0.4, -0.2) is 18.9 Å². The van der Waals surface area contributed by atoms with Crippen molar-refractivity contribution >= 4 is 17.2 Å². The van der Waals surface area contributed by atoms with Gasteiger partial charge in [0, 0.05) is 32.0 Å². The van der Waals surface area contributed by atoms with E-state index in [1.165, 1.54) is 4.90 Å². The number of hydrogen-bond donors (Lipinski definition) is 1. The van der Waals surface area contributed by atoms with Crippen molar-refractivity contribution in [2.45, 2.75) is 12.8 Å². The zero-order chi connectivity index (χ0) is 12.6. The Balaban J connectivity index is 2.38. The van der Waals surface area contributed by atoms with E-state index in [1.807, 2.05) is 0 Å². The summed E-state index contributed by atoms with van der Waals surface area (Å²) in [7, 11) is 0. The Kier molecular flexibility index (Phi) is 2.95. The molecule has 0 spiro atoms. The van der Waals surface area contributed by atoms with Gasteiger partial charge in [-0.1, -0.05) is 0 Å². The average Bonchev–Trinajstić information content (AvgIpc) is 2.29. The van der Waals surface area contributed by atoms with Crippen LogP contribution in [-0.2, 0) is 4.79 Å². The summed E-state index contributed by atoms with van der Waals surface area (Å²) in [5.41, 5.74) is 4.12. The number of piperidine rings is 1. The molecule has 1 fully saturated rings. The fraction of sp³-hybridized carbons (Fsp3) is 0.364. The number of anilines is 2. The van der Waals surface area contributed by atoms with Crippen LogP contribution in [0, 0.1) is 17.5 Å². The van der Waals surface area contributed by atoms with Gasteiger partial charge < -0.3 is 10.6 Å². The Bertz CT molecular complexity index is 466. The molecule has 1 aromatic carbocycles. The number of carbonyl (C=O) groups excluding carboxylic acids is 1. The Morgan fingerprint density at radius 2 is 1.71 bits per heavy atom. The number of nitrogens with zero attached hydrogens (tertiary/aromatic N) is 1. The van der Waals surface area contributed by atoms with Gasteiger partial charge in [-0.05, 0) is 0 Å². The molecule has 1 aromatic rings. The van der Waals surface area contributed by atoms with Gasteiger partial charge in [-0.2, -0.15) is 0 Å². The van der Waals surface area contributed by atoms with Crippen molar-refractivity contribution in [1.82, 2.24) is 0 Å². The third kappa shape index (κ3) is 2.07. The number of nitrogens with two attached hydrogens (primary N) is 1. The van der Waals surface area contributed by atoms with E-state index in [4.69, 9.17) is 5.73 Å². The molecule has 0 aromatic heterocycles. The van der Waals surface area contributed by atoms with Crippen LogP contribution in [0.15, 0.2) is 6.07 Å². The first kappa shape index (κ1) is 11.8. The lowest BCUT2D eigenvalue weighted by molar-refractivity contribution is -0.119. The monoisotopic (exact) mass is 244 g/mol. The molecule has 3 nitrogen and oxygen atoms in total. The van der Waals surface area contributed by atoms with Crippen LogP contribution in [0.2, 0.25) is 0 Å². The summed E-state index contributed by atoms with van der Waals surface area (Å²) in [4.78, 5) is 12.4. The minimum Gasteiger partial charge on any atom is -0.396 e. The lowest BCUT2D eigenvalue weighted by Gasteiger charge is -2.28. The lowest BCUT2D eigenvalue weighted by atomic mass is 10.1. The van der Waals surface area contributed by atoms with E-state index in [1.54, 1.807) is 0 Å². The molecule has 2 rings (SSSR count). The van der Waals surface area contributed by atoms with Crippen LogP contribution >= 0.6 is 0 Å². The summed E-state index contributed by atoms with van der Waals surface area (Å²) in [6.45, 7) is 0.381. The van der Waals surface area contributed by atoms with Gasteiger partial charge in [0.2, 0.25) is 0 Å². The van der Waals surface area contributed by atoms with Crippen molar-refractivity contribution in [3.8, 4) is 0 Å². The first-order valence-corrected chi connectivity index (χ1v) is 5.20. The summed E-state index contributed by atoms with van der Waals surface area (Å²) in [6, 6.07) is 0.754. The van der Waals surface area contributed by atoms with Crippen molar-refractivity contribution in [3.63, 3.8) is 0 Å². The van der Waals surface area contributed by atoms with Crippen LogP contribution in [0.25, 0.3) is 0 Å². The van der Waals surface area contributed by atoms with E-state index in [2.05, 4.69) is 0 Å². The van der Waals surface area contributed by atoms with Crippen molar-refractivity contribution < 1.29 is 18.0 Å². The first-order chi connectivity index (χ1) is 8.00. The molecule has 1 aliphatic rings. The van der Waals surface area contributed by atoms with Gasteiger partial charge in [0.25, 0.3) is 0 Å². The Morgan fingerprint density at radius 3 is 2.29 bits per heavy atom. The summed E-state index contributed by atoms with van der Waals surface area (Å²) in [5.74, 6) is -3.41. The van der Waals surface area contributed by atoms with E-state index in [0.717, 1.165) is 6.07 Å². The third-order valence-electron chi connectivity index (χ3n) is 2.80. The van der Waals surface area contributed by atoms with E-state index in [0.29, 0.717) is 0 Å². The number of nitrogen functional groups attached to an aromatic ring is 1. The number of carbonyl (C=O) groups is 1. The average molecular weight is 244 g/mol. The second-order valence-corrected chi connectivity index (χ2v) is 3.95. The molecule has 0 amide bonds. The quantitative estimate of drug-likeness (QED) is 0.605. The predicted octanol–water partition coefficient (Wildman–Crippen LogP) is 1.86. The van der Waals surface area contributed by atoms with E-state index < -0.39 is 28.8 Å². The number of halogens is 3. The maximum absolute atomic E-state index is 13.6. The molecule has 0 bridgehead atoms. The lowest BCUT2D eigenvalue weighted by Crippen LogP contribution is -2.35. The van der Waals surface area contributed by atoms with Gasteiger partial charge >= 0.3 is 0 Å². The molecule has 17 heavy (non-hydrogen) atoms. The van der Waals surface area contributed by atoms with Gasteiger partial charge in [-0.25, -0.2) is 13.2 Å². The molecule has 2 N–H and O–H groups in total. The third-order valence-corrected chi connectivity index (χ3v) is 2.80. The first-order valence-electron chi connectivity index (χ1n) is 5.20. The maximum atomic E-state index is 13.6. The molecular formula is C11H11F3N2O. The number of Topliss-reactive ketones (excluding diaryl/α,β-unsaturated/α-hetero) is 1. The normalized spacial score (nSPS) is 16.4. The van der Waals surface area contributed by atoms with Gasteiger partial charge in [0.1, 0.15) is 11.5 Å². The fourth-order valence-corrected chi connectivity index (χ4v) is 1.87. The van der Waals surface area contributed by atoms with Crippen LogP contribution in [0.4, 0.5) is 24.5 Å². The molecule has 1 heterocycles. The molecule has 0 unspecified atom stereocenters. The van der Waals surface area contributed by atoms with E-state index in [9.17, 15) is 18.0 Å². The smallest absolute Gasteiger partial charge is 0.187 e. The second-order valence-electron chi connectivity index (χ2n) is 3.95. The fourth-order valence-electron chi connectivity index (χ4n) is 1.87. The van der Waals surface area contributed by atoms with E-state index in [-0.39, 0.29) is 31.7 Å². The van der Waals surface area contributed by atoms with Crippen molar-refractivity contribution in [2.75, 3.05) is 23.7 Å². The van der Waals surface area contributed by atoms with Crippen molar-refractivity contribution in [2.24, 2.45) is 0 Å². The van der Waals surface area contributed by atoms with Crippen molar-refractivity contribution in [1.29, 1.82) is 0 Å². The molecule has 0 radical (unpaired) electrons. The number of benzene rings is 1. The second kappa shape index (κ2) is 4.27. The molecule has 92 valence electrons. The zero-order valence-electron chi connectivity index (χ0n) is 8.97. The van der Waals surface area contributed by atoms with Gasteiger partial charge in [0.05, 0.1) is 5.69 Å². The van der Waals surface area contributed by atoms with E-state index >= 15 is 0 Å². The molecular weight excluding hydrogens is 233 g/mol. The predicted molar refractivity (Wildman–Crippen MR) is 57.2 cm³/mol. The van der Waals surface area contributed by atoms with Gasteiger partial charge in [-0.3, -0.25) is 4.79 Å². The largest absolute Gasteiger partial charge is 0.396 e. The molecule has 0 saturated carbocycles. The summed E-state index contributed by atoms with van der Waals surface area (Å²) in [5, 5.41) is 0. The highest BCUT2D eigenvalue weighted by atomic mass is 19.2. The Morgan fingerprint density at radius 1 is 1.12 bits per heavy atom.